The van der Waals surface area contributed by atoms with E-state index in [-0.39, 0.29) is 11.9 Å². The van der Waals surface area contributed by atoms with Crippen molar-refractivity contribution in [3.63, 3.8) is 0 Å². The van der Waals surface area contributed by atoms with Gasteiger partial charge < -0.3 is 15.4 Å². The summed E-state index contributed by atoms with van der Waals surface area (Å²) < 4.78 is 5.22. The smallest absolute Gasteiger partial charge is 0.270 e. The van der Waals surface area contributed by atoms with Crippen LogP contribution in [0.15, 0.2) is 36.7 Å². The topological polar surface area (TPSA) is 76.1 Å². The van der Waals surface area contributed by atoms with Crippen LogP contribution in [0.2, 0.25) is 0 Å². The van der Waals surface area contributed by atoms with E-state index in [9.17, 15) is 4.79 Å². The lowest BCUT2D eigenvalue weighted by atomic mass is 10.1. The highest BCUT2D eigenvalue weighted by Gasteiger charge is 2.10. The van der Waals surface area contributed by atoms with Crippen LogP contribution >= 0.6 is 0 Å². The van der Waals surface area contributed by atoms with Crippen molar-refractivity contribution in [2.75, 3.05) is 19.0 Å². The lowest BCUT2D eigenvalue weighted by Gasteiger charge is -2.11. The molecular weight excluding hydrogens is 304 g/mol. The van der Waals surface area contributed by atoms with Crippen molar-refractivity contribution in [2.45, 2.75) is 32.7 Å². The number of rotatable bonds is 8. The molecule has 2 N–H and O–H groups in total. The number of nitrogens with zero attached hydrogens (tertiary/aromatic N) is 2. The van der Waals surface area contributed by atoms with Crippen LogP contribution in [-0.2, 0) is 6.42 Å². The van der Waals surface area contributed by atoms with Gasteiger partial charge in [0, 0.05) is 18.7 Å². The molecule has 2 rings (SSSR count). The molecule has 1 atom stereocenters. The predicted octanol–water partition coefficient (Wildman–Crippen LogP) is 2.67. The minimum Gasteiger partial charge on any atom is -0.497 e. The molecule has 2 aromatic rings. The maximum absolute atomic E-state index is 12.1. The molecule has 0 aliphatic rings. The molecule has 24 heavy (non-hydrogen) atoms. The highest BCUT2D eigenvalue weighted by Crippen LogP contribution is 2.13. The first-order valence-electron chi connectivity index (χ1n) is 8.12. The SMILES string of the molecule is CCC(C)NC(=O)c1cc(NCCc2cccc(OC)c2)ncn1. The van der Waals surface area contributed by atoms with Crippen LogP contribution in [0, 0.1) is 0 Å². The van der Waals surface area contributed by atoms with Gasteiger partial charge in [0.05, 0.1) is 7.11 Å². The van der Waals surface area contributed by atoms with Gasteiger partial charge in [-0.25, -0.2) is 9.97 Å². The number of carbonyl (C=O) groups is 1. The van der Waals surface area contributed by atoms with Crippen LogP contribution in [0.5, 0.6) is 5.75 Å². The molecule has 1 aromatic heterocycles. The number of anilines is 1. The third-order valence-corrected chi connectivity index (χ3v) is 3.74. The Morgan fingerprint density at radius 3 is 2.88 bits per heavy atom. The Balaban J connectivity index is 1.91. The first-order chi connectivity index (χ1) is 11.6. The largest absolute Gasteiger partial charge is 0.497 e. The highest BCUT2D eigenvalue weighted by molar-refractivity contribution is 5.93. The summed E-state index contributed by atoms with van der Waals surface area (Å²) in [7, 11) is 1.66. The molecule has 1 amide bonds. The van der Waals surface area contributed by atoms with Crippen molar-refractivity contribution >= 4 is 11.7 Å². The van der Waals surface area contributed by atoms with Gasteiger partial charge in [-0.3, -0.25) is 4.79 Å². The number of ether oxygens (including phenoxy) is 1. The summed E-state index contributed by atoms with van der Waals surface area (Å²) >= 11 is 0. The Morgan fingerprint density at radius 2 is 2.12 bits per heavy atom. The zero-order valence-electron chi connectivity index (χ0n) is 14.4. The van der Waals surface area contributed by atoms with E-state index in [1.165, 1.54) is 11.9 Å². The number of amides is 1. The van der Waals surface area contributed by atoms with Crippen molar-refractivity contribution in [3.8, 4) is 5.75 Å². The normalized spacial score (nSPS) is 11.6. The van der Waals surface area contributed by atoms with Gasteiger partial charge in [0.2, 0.25) is 0 Å². The quantitative estimate of drug-likeness (QED) is 0.779. The fourth-order valence-corrected chi connectivity index (χ4v) is 2.14. The van der Waals surface area contributed by atoms with Crippen LogP contribution in [0.3, 0.4) is 0 Å². The third-order valence-electron chi connectivity index (χ3n) is 3.74. The summed E-state index contributed by atoms with van der Waals surface area (Å²) in [5, 5.41) is 6.12. The Kier molecular flexibility index (Phi) is 6.54. The second-order valence-corrected chi connectivity index (χ2v) is 5.60. The van der Waals surface area contributed by atoms with Crippen molar-refractivity contribution in [2.24, 2.45) is 0 Å². The minimum absolute atomic E-state index is 0.122. The lowest BCUT2D eigenvalue weighted by Crippen LogP contribution is -2.32. The number of hydrogen-bond donors (Lipinski definition) is 2. The first kappa shape index (κ1) is 17.7. The van der Waals surface area contributed by atoms with E-state index >= 15 is 0 Å². The zero-order chi connectivity index (χ0) is 17.4. The highest BCUT2D eigenvalue weighted by atomic mass is 16.5. The number of benzene rings is 1. The van der Waals surface area contributed by atoms with Crippen LogP contribution in [-0.4, -0.2) is 35.6 Å². The Hall–Kier alpha value is -2.63. The van der Waals surface area contributed by atoms with Gasteiger partial charge in [-0.2, -0.15) is 0 Å². The van der Waals surface area contributed by atoms with E-state index < -0.39 is 0 Å². The van der Waals surface area contributed by atoms with E-state index in [2.05, 4.69) is 26.7 Å². The summed E-state index contributed by atoms with van der Waals surface area (Å²) in [6.07, 6.45) is 3.11. The second kappa shape index (κ2) is 8.86. The molecular formula is C18H24N4O2. The van der Waals surface area contributed by atoms with Crippen molar-refractivity contribution in [3.05, 3.63) is 47.9 Å². The number of methoxy groups -OCH3 is 1. The molecule has 0 radical (unpaired) electrons. The Morgan fingerprint density at radius 1 is 1.29 bits per heavy atom. The van der Waals surface area contributed by atoms with Gasteiger partial charge in [0.1, 0.15) is 23.6 Å². The molecule has 0 aliphatic carbocycles. The molecule has 1 aromatic carbocycles. The van der Waals surface area contributed by atoms with Crippen molar-refractivity contribution in [1.82, 2.24) is 15.3 Å². The molecule has 6 heteroatoms. The molecule has 6 nitrogen and oxygen atoms in total. The van der Waals surface area contributed by atoms with Crippen LogP contribution in [0.1, 0.15) is 36.3 Å². The van der Waals surface area contributed by atoms with Gasteiger partial charge in [-0.15, -0.1) is 0 Å². The standard InChI is InChI=1S/C18H24N4O2/c1-4-13(2)22-18(23)16-11-17(21-12-20-16)19-9-8-14-6-5-7-15(10-14)24-3/h5-7,10-13H,4,8-9H2,1-3H3,(H,22,23)(H,19,20,21). The summed E-state index contributed by atoms with van der Waals surface area (Å²) in [4.78, 5) is 20.3. The van der Waals surface area contributed by atoms with Gasteiger partial charge in [0.25, 0.3) is 5.91 Å². The van der Waals surface area contributed by atoms with Crippen LogP contribution in [0.25, 0.3) is 0 Å². The van der Waals surface area contributed by atoms with Crippen LogP contribution in [0.4, 0.5) is 5.82 Å². The molecule has 0 spiro atoms. The maximum Gasteiger partial charge on any atom is 0.270 e. The number of aromatic nitrogens is 2. The fraction of sp³-hybridized carbons (Fsp3) is 0.389. The third kappa shape index (κ3) is 5.22. The molecule has 1 unspecified atom stereocenters. The van der Waals surface area contributed by atoms with Gasteiger partial charge in [0.15, 0.2) is 0 Å². The molecule has 128 valence electrons. The number of hydrogen-bond acceptors (Lipinski definition) is 5. The Bertz CT molecular complexity index is 676. The first-order valence-corrected chi connectivity index (χ1v) is 8.12. The summed E-state index contributed by atoms with van der Waals surface area (Å²) in [5.74, 6) is 1.31. The monoisotopic (exact) mass is 328 g/mol. The van der Waals surface area contributed by atoms with E-state index in [1.807, 2.05) is 32.0 Å². The maximum atomic E-state index is 12.1. The summed E-state index contributed by atoms with van der Waals surface area (Å²) in [6, 6.07) is 9.74. The van der Waals surface area contributed by atoms with Gasteiger partial charge in [-0.1, -0.05) is 19.1 Å². The number of nitrogens with one attached hydrogen (secondary N) is 2. The van der Waals surface area contributed by atoms with Crippen molar-refractivity contribution < 1.29 is 9.53 Å². The Labute approximate surface area is 142 Å². The molecule has 0 aliphatic heterocycles. The predicted molar refractivity (Wildman–Crippen MR) is 94.4 cm³/mol. The van der Waals surface area contributed by atoms with E-state index in [0.717, 1.165) is 18.6 Å². The van der Waals surface area contributed by atoms with E-state index in [0.29, 0.717) is 18.1 Å². The molecule has 1 heterocycles. The fourth-order valence-electron chi connectivity index (χ4n) is 2.14. The molecule has 0 bridgehead atoms. The lowest BCUT2D eigenvalue weighted by molar-refractivity contribution is 0.0934. The second-order valence-electron chi connectivity index (χ2n) is 5.60. The summed E-state index contributed by atoms with van der Waals surface area (Å²) in [5.41, 5.74) is 1.54. The average molecular weight is 328 g/mol. The van der Waals surface area contributed by atoms with E-state index in [1.54, 1.807) is 13.2 Å². The zero-order valence-corrected chi connectivity index (χ0v) is 14.4. The van der Waals surface area contributed by atoms with Crippen molar-refractivity contribution in [1.29, 1.82) is 0 Å². The van der Waals surface area contributed by atoms with Gasteiger partial charge >= 0.3 is 0 Å². The minimum atomic E-state index is -0.178. The molecule has 0 saturated carbocycles. The van der Waals surface area contributed by atoms with Gasteiger partial charge in [-0.05, 0) is 37.5 Å². The molecule has 0 saturated heterocycles. The van der Waals surface area contributed by atoms with Crippen LogP contribution < -0.4 is 15.4 Å². The van der Waals surface area contributed by atoms with E-state index in [4.69, 9.17) is 4.74 Å². The number of carbonyl (C=O) groups excluding carboxylic acids is 1. The average Bonchev–Trinajstić information content (AvgIpc) is 2.62. The summed E-state index contributed by atoms with van der Waals surface area (Å²) in [6.45, 7) is 4.69. The molecule has 0 fully saturated rings.